The Morgan fingerprint density at radius 3 is 2.72 bits per heavy atom. The van der Waals surface area contributed by atoms with Gasteiger partial charge < -0.3 is 14.6 Å². The normalized spacial score (nSPS) is 11.0. The fourth-order valence-electron chi connectivity index (χ4n) is 2.27. The smallest absolute Gasteiger partial charge is 0.216 e. The van der Waals surface area contributed by atoms with Gasteiger partial charge in [0.1, 0.15) is 17.2 Å². The quantitative estimate of drug-likeness (QED) is 0.542. The molecule has 25 heavy (non-hydrogen) atoms. The van der Waals surface area contributed by atoms with Gasteiger partial charge in [-0.25, -0.2) is 5.10 Å². The number of phenolic OH excluding ortho intramolecular Hbond substituents is 1. The van der Waals surface area contributed by atoms with E-state index >= 15 is 0 Å². The maximum absolute atomic E-state index is 9.85. The predicted molar refractivity (Wildman–Crippen MR) is 97.1 cm³/mol. The van der Waals surface area contributed by atoms with Gasteiger partial charge in [-0.05, 0) is 36.5 Å². The van der Waals surface area contributed by atoms with E-state index < -0.39 is 0 Å². The van der Waals surface area contributed by atoms with Gasteiger partial charge in [0.2, 0.25) is 4.77 Å². The minimum Gasteiger partial charge on any atom is -0.507 e. The topological polar surface area (TPSA) is 84.7 Å². The molecule has 0 spiro atoms. The van der Waals surface area contributed by atoms with E-state index in [0.29, 0.717) is 33.2 Å². The molecule has 0 amide bonds. The minimum absolute atomic E-state index is 0.129. The molecule has 0 aliphatic carbocycles. The molecule has 0 atom stereocenters. The summed E-state index contributed by atoms with van der Waals surface area (Å²) in [5.41, 5.74) is 1.27. The Bertz CT molecular complexity index is 978. The average Bonchev–Trinajstić information content (AvgIpc) is 3.01. The van der Waals surface area contributed by atoms with Crippen LogP contribution in [-0.4, -0.2) is 40.4 Å². The molecule has 0 saturated heterocycles. The number of H-pyrrole nitrogens is 1. The molecule has 3 aromatic rings. The summed E-state index contributed by atoms with van der Waals surface area (Å²) in [5.74, 6) is 1.85. The van der Waals surface area contributed by atoms with Gasteiger partial charge >= 0.3 is 0 Å². The van der Waals surface area contributed by atoms with Crippen LogP contribution in [0.2, 0.25) is 0 Å². The second-order valence-corrected chi connectivity index (χ2v) is 5.42. The first-order valence-electron chi connectivity index (χ1n) is 7.36. The van der Waals surface area contributed by atoms with Crippen LogP contribution in [0.5, 0.6) is 17.2 Å². The van der Waals surface area contributed by atoms with Crippen molar-refractivity contribution >= 4 is 18.4 Å². The number of methoxy groups -OCH3 is 2. The summed E-state index contributed by atoms with van der Waals surface area (Å²) < 4.78 is 12.4. The summed E-state index contributed by atoms with van der Waals surface area (Å²) in [6.45, 7) is 0. The van der Waals surface area contributed by atoms with Gasteiger partial charge in [-0.2, -0.15) is 14.9 Å². The van der Waals surface area contributed by atoms with Crippen molar-refractivity contribution in [1.82, 2.24) is 14.9 Å². The molecule has 1 aromatic heterocycles. The fourth-order valence-corrected chi connectivity index (χ4v) is 2.45. The predicted octanol–water partition coefficient (Wildman–Crippen LogP) is 3.21. The lowest BCUT2D eigenvalue weighted by Crippen LogP contribution is -1.98. The van der Waals surface area contributed by atoms with Gasteiger partial charge in [-0.1, -0.05) is 12.1 Å². The lowest BCUT2D eigenvalue weighted by atomic mass is 10.2. The van der Waals surface area contributed by atoms with Crippen molar-refractivity contribution in [2.75, 3.05) is 14.2 Å². The number of hydrogen-bond donors (Lipinski definition) is 2. The van der Waals surface area contributed by atoms with Gasteiger partial charge in [-0.15, -0.1) is 0 Å². The third kappa shape index (κ3) is 3.38. The van der Waals surface area contributed by atoms with Crippen molar-refractivity contribution in [2.24, 2.45) is 5.10 Å². The zero-order valence-electron chi connectivity index (χ0n) is 13.6. The zero-order chi connectivity index (χ0) is 17.8. The van der Waals surface area contributed by atoms with Crippen LogP contribution in [0.4, 0.5) is 0 Å². The number of ether oxygens (including phenoxy) is 2. The first-order valence-corrected chi connectivity index (χ1v) is 7.77. The third-order valence-electron chi connectivity index (χ3n) is 3.55. The maximum atomic E-state index is 9.85. The highest BCUT2D eigenvalue weighted by molar-refractivity contribution is 7.71. The number of aromatic amines is 1. The Hall–Kier alpha value is -3.13. The molecule has 2 N–H and O–H groups in total. The van der Waals surface area contributed by atoms with Crippen molar-refractivity contribution in [3.63, 3.8) is 0 Å². The zero-order valence-corrected chi connectivity index (χ0v) is 14.4. The first-order chi connectivity index (χ1) is 12.1. The molecule has 3 rings (SSSR count). The van der Waals surface area contributed by atoms with E-state index in [2.05, 4.69) is 15.3 Å². The minimum atomic E-state index is 0.129. The number of aromatic nitrogens is 3. The van der Waals surface area contributed by atoms with Crippen molar-refractivity contribution < 1.29 is 14.6 Å². The molecule has 7 nitrogen and oxygen atoms in total. The van der Waals surface area contributed by atoms with E-state index in [0.717, 1.165) is 0 Å². The number of benzene rings is 2. The summed E-state index contributed by atoms with van der Waals surface area (Å²) in [5, 5.41) is 21.1. The summed E-state index contributed by atoms with van der Waals surface area (Å²) >= 11 is 5.25. The molecule has 0 radical (unpaired) electrons. The van der Waals surface area contributed by atoms with Crippen LogP contribution >= 0.6 is 12.2 Å². The first kappa shape index (κ1) is 16.7. The number of hydrogen-bond acceptors (Lipinski definition) is 6. The second kappa shape index (κ2) is 7.18. The molecular formula is C17H16N4O3S. The number of aromatic hydroxyl groups is 1. The Morgan fingerprint density at radius 2 is 2.00 bits per heavy atom. The Labute approximate surface area is 149 Å². The molecule has 0 saturated carbocycles. The average molecular weight is 356 g/mol. The molecule has 8 heteroatoms. The van der Waals surface area contributed by atoms with E-state index in [9.17, 15) is 5.11 Å². The highest BCUT2D eigenvalue weighted by atomic mass is 32.1. The lowest BCUT2D eigenvalue weighted by molar-refractivity contribution is 0.395. The molecule has 1 heterocycles. The van der Waals surface area contributed by atoms with Crippen molar-refractivity contribution in [1.29, 1.82) is 0 Å². The second-order valence-electron chi connectivity index (χ2n) is 5.03. The van der Waals surface area contributed by atoms with Gasteiger partial charge in [0.25, 0.3) is 0 Å². The summed E-state index contributed by atoms with van der Waals surface area (Å²) in [7, 11) is 3.15. The monoisotopic (exact) mass is 356 g/mol. The van der Waals surface area contributed by atoms with Crippen LogP contribution in [-0.2, 0) is 0 Å². The molecule has 128 valence electrons. The van der Waals surface area contributed by atoms with Crippen LogP contribution in [0.1, 0.15) is 5.56 Å². The number of rotatable bonds is 5. The molecular weight excluding hydrogens is 340 g/mol. The van der Waals surface area contributed by atoms with Gasteiger partial charge in [0.05, 0.1) is 26.0 Å². The largest absolute Gasteiger partial charge is 0.507 e. The van der Waals surface area contributed by atoms with Crippen LogP contribution in [0.25, 0.3) is 11.4 Å². The third-order valence-corrected chi connectivity index (χ3v) is 3.81. The van der Waals surface area contributed by atoms with Crippen molar-refractivity contribution in [3.05, 3.63) is 52.8 Å². The van der Waals surface area contributed by atoms with Crippen LogP contribution in [0.15, 0.2) is 47.6 Å². The number of nitrogens with one attached hydrogen (secondary N) is 1. The summed E-state index contributed by atoms with van der Waals surface area (Å²) in [6.07, 6.45) is 1.51. The van der Waals surface area contributed by atoms with E-state index in [1.165, 1.54) is 10.9 Å². The highest BCUT2D eigenvalue weighted by Gasteiger charge is 2.14. The highest BCUT2D eigenvalue weighted by Crippen LogP contribution is 2.32. The van der Waals surface area contributed by atoms with Crippen LogP contribution in [0.3, 0.4) is 0 Å². The molecule has 0 aliphatic rings. The Morgan fingerprint density at radius 1 is 1.20 bits per heavy atom. The number of nitrogens with zero attached hydrogens (tertiary/aromatic N) is 3. The van der Waals surface area contributed by atoms with E-state index in [1.54, 1.807) is 44.6 Å². The molecule has 0 fully saturated rings. The standard InChI is InChI=1S/C17H16N4O3S/c1-23-12-7-8-13(15(9-12)24-2)16-19-20-17(25)21(16)18-10-11-5-3-4-6-14(11)22/h3-10,22H,1-2H3,(H,20,25)/b18-10+. The number of phenols is 1. The fraction of sp³-hybridized carbons (Fsp3) is 0.118. The van der Waals surface area contributed by atoms with Gasteiger partial charge in [0, 0.05) is 11.6 Å². The summed E-state index contributed by atoms with van der Waals surface area (Å²) in [4.78, 5) is 0. The molecule has 0 bridgehead atoms. The maximum Gasteiger partial charge on any atom is 0.216 e. The Balaban J connectivity index is 2.06. The van der Waals surface area contributed by atoms with E-state index in [4.69, 9.17) is 21.7 Å². The molecule has 0 unspecified atom stereocenters. The van der Waals surface area contributed by atoms with E-state index in [-0.39, 0.29) is 5.75 Å². The molecule has 2 aromatic carbocycles. The van der Waals surface area contributed by atoms with Crippen LogP contribution in [0, 0.1) is 4.77 Å². The molecule has 0 aliphatic heterocycles. The lowest BCUT2D eigenvalue weighted by Gasteiger charge is -2.09. The van der Waals surface area contributed by atoms with E-state index in [1.807, 2.05) is 12.1 Å². The van der Waals surface area contributed by atoms with Crippen molar-refractivity contribution in [2.45, 2.75) is 0 Å². The van der Waals surface area contributed by atoms with Crippen molar-refractivity contribution in [3.8, 4) is 28.6 Å². The number of para-hydroxylation sites is 1. The SMILES string of the molecule is COc1ccc(-c2n[nH]c(=S)n2/N=C/c2ccccc2O)c(OC)c1. The van der Waals surface area contributed by atoms with Crippen LogP contribution < -0.4 is 9.47 Å². The van der Waals surface area contributed by atoms with Gasteiger partial charge in [-0.3, -0.25) is 0 Å². The van der Waals surface area contributed by atoms with Gasteiger partial charge in [0.15, 0.2) is 5.82 Å². The Kier molecular flexibility index (Phi) is 4.80. The summed E-state index contributed by atoms with van der Waals surface area (Å²) in [6, 6.07) is 12.2.